The molecule has 106 valence electrons. The lowest BCUT2D eigenvalue weighted by Crippen LogP contribution is -2.42. The predicted octanol–water partition coefficient (Wildman–Crippen LogP) is 3.62. The minimum absolute atomic E-state index is 0.221. The highest BCUT2D eigenvalue weighted by molar-refractivity contribution is 5.30. The predicted molar refractivity (Wildman–Crippen MR) is 70.8 cm³/mol. The van der Waals surface area contributed by atoms with Crippen LogP contribution in [0.15, 0.2) is 12.1 Å². The summed E-state index contributed by atoms with van der Waals surface area (Å²) in [5.74, 6) is -1.64. The molecule has 1 aliphatic carbocycles. The molecular formula is C15H21F2NO. The van der Waals surface area contributed by atoms with Gasteiger partial charge in [-0.15, -0.1) is 0 Å². The molecule has 2 N–H and O–H groups in total. The molecule has 1 saturated carbocycles. The first-order chi connectivity index (χ1) is 9.02. The summed E-state index contributed by atoms with van der Waals surface area (Å²) in [6, 6.07) is 2.53. The van der Waals surface area contributed by atoms with Crippen LogP contribution in [0.5, 0.6) is 0 Å². The summed E-state index contributed by atoms with van der Waals surface area (Å²) < 4.78 is 33.6. The Hall–Kier alpha value is -1.00. The summed E-state index contributed by atoms with van der Waals surface area (Å²) in [5.41, 5.74) is 6.18. The van der Waals surface area contributed by atoms with Gasteiger partial charge in [-0.25, -0.2) is 8.78 Å². The molecule has 1 atom stereocenters. The van der Waals surface area contributed by atoms with Crippen LogP contribution in [-0.4, -0.2) is 12.2 Å². The lowest BCUT2D eigenvalue weighted by molar-refractivity contribution is -0.0544. The van der Waals surface area contributed by atoms with E-state index in [0.717, 1.165) is 25.7 Å². The zero-order valence-corrected chi connectivity index (χ0v) is 11.5. The van der Waals surface area contributed by atoms with Gasteiger partial charge in [-0.2, -0.15) is 0 Å². The fourth-order valence-corrected chi connectivity index (χ4v) is 2.99. The average molecular weight is 269 g/mol. The van der Waals surface area contributed by atoms with E-state index < -0.39 is 23.3 Å². The Morgan fingerprint density at radius 1 is 1.26 bits per heavy atom. The third kappa shape index (κ3) is 2.51. The van der Waals surface area contributed by atoms with Crippen molar-refractivity contribution >= 4 is 0 Å². The highest BCUT2D eigenvalue weighted by atomic mass is 19.2. The quantitative estimate of drug-likeness (QED) is 0.906. The molecule has 1 aromatic rings. The standard InChI is InChI=1S/C15H21F2NO/c1-3-19-15(8-4-5-9-15)14(18)11-7-6-10(2)12(16)13(11)17/h6-7,14H,3-5,8-9,18H2,1-2H3. The maximum absolute atomic E-state index is 14.1. The van der Waals surface area contributed by atoms with Crippen LogP contribution in [-0.2, 0) is 4.74 Å². The van der Waals surface area contributed by atoms with Crippen molar-refractivity contribution in [2.45, 2.75) is 51.2 Å². The summed E-state index contributed by atoms with van der Waals surface area (Å²) in [6.07, 6.45) is 3.64. The third-order valence-electron chi connectivity index (χ3n) is 4.09. The van der Waals surface area contributed by atoms with E-state index in [0.29, 0.717) is 12.2 Å². The number of benzene rings is 1. The van der Waals surface area contributed by atoms with Crippen molar-refractivity contribution in [3.05, 3.63) is 34.9 Å². The summed E-state index contributed by atoms with van der Waals surface area (Å²) in [6.45, 7) is 3.98. The number of hydrogen-bond donors (Lipinski definition) is 1. The number of nitrogens with two attached hydrogens (primary N) is 1. The van der Waals surface area contributed by atoms with E-state index in [-0.39, 0.29) is 5.56 Å². The Morgan fingerprint density at radius 2 is 1.89 bits per heavy atom. The number of rotatable bonds is 4. The molecule has 0 amide bonds. The van der Waals surface area contributed by atoms with Gasteiger partial charge in [0, 0.05) is 12.2 Å². The number of aryl methyl sites for hydroxylation is 1. The van der Waals surface area contributed by atoms with Crippen LogP contribution in [0.4, 0.5) is 8.78 Å². The lowest BCUT2D eigenvalue weighted by Gasteiger charge is -2.35. The third-order valence-corrected chi connectivity index (χ3v) is 4.09. The highest BCUT2D eigenvalue weighted by Gasteiger charge is 2.42. The van der Waals surface area contributed by atoms with E-state index in [9.17, 15) is 8.78 Å². The van der Waals surface area contributed by atoms with Gasteiger partial charge >= 0.3 is 0 Å². The van der Waals surface area contributed by atoms with Gasteiger partial charge in [0.05, 0.1) is 11.6 Å². The Labute approximate surface area is 112 Å². The van der Waals surface area contributed by atoms with Gasteiger partial charge in [-0.3, -0.25) is 0 Å². The lowest BCUT2D eigenvalue weighted by atomic mass is 9.86. The molecule has 0 spiro atoms. The van der Waals surface area contributed by atoms with Crippen LogP contribution in [0.2, 0.25) is 0 Å². The van der Waals surface area contributed by atoms with E-state index >= 15 is 0 Å². The van der Waals surface area contributed by atoms with Crippen molar-refractivity contribution in [1.82, 2.24) is 0 Å². The minimum atomic E-state index is -0.835. The second-order valence-electron chi connectivity index (χ2n) is 5.28. The first-order valence-corrected chi connectivity index (χ1v) is 6.86. The van der Waals surface area contributed by atoms with Gasteiger partial charge in [0.1, 0.15) is 0 Å². The molecule has 0 heterocycles. The average Bonchev–Trinajstić information content (AvgIpc) is 2.86. The van der Waals surface area contributed by atoms with Crippen molar-refractivity contribution in [1.29, 1.82) is 0 Å². The van der Waals surface area contributed by atoms with Crippen LogP contribution in [0.1, 0.15) is 49.8 Å². The zero-order valence-electron chi connectivity index (χ0n) is 11.5. The maximum atomic E-state index is 14.1. The Morgan fingerprint density at radius 3 is 2.47 bits per heavy atom. The molecule has 1 aliphatic rings. The normalized spacial score (nSPS) is 19.6. The van der Waals surface area contributed by atoms with E-state index in [4.69, 9.17) is 10.5 Å². The van der Waals surface area contributed by atoms with E-state index in [1.807, 2.05) is 6.92 Å². The Bertz CT molecular complexity index is 456. The summed E-state index contributed by atoms with van der Waals surface area (Å²) in [4.78, 5) is 0. The van der Waals surface area contributed by atoms with Crippen LogP contribution in [0.25, 0.3) is 0 Å². The van der Waals surface area contributed by atoms with Crippen LogP contribution in [0, 0.1) is 18.6 Å². The van der Waals surface area contributed by atoms with Gasteiger partial charge in [-0.05, 0) is 32.3 Å². The topological polar surface area (TPSA) is 35.2 Å². The second kappa shape index (κ2) is 5.55. The molecule has 19 heavy (non-hydrogen) atoms. The van der Waals surface area contributed by atoms with Crippen LogP contribution in [0.3, 0.4) is 0 Å². The summed E-state index contributed by atoms with van der Waals surface area (Å²) >= 11 is 0. The van der Waals surface area contributed by atoms with E-state index in [2.05, 4.69) is 0 Å². The van der Waals surface area contributed by atoms with Gasteiger partial charge in [0.2, 0.25) is 0 Å². The summed E-state index contributed by atoms with van der Waals surface area (Å²) in [5, 5.41) is 0. The largest absolute Gasteiger partial charge is 0.373 e. The van der Waals surface area contributed by atoms with Crippen LogP contribution < -0.4 is 5.73 Å². The molecule has 2 rings (SSSR count). The first kappa shape index (κ1) is 14.4. The van der Waals surface area contributed by atoms with Crippen molar-refractivity contribution in [2.24, 2.45) is 5.73 Å². The zero-order chi connectivity index (χ0) is 14.0. The minimum Gasteiger partial charge on any atom is -0.373 e. The van der Waals surface area contributed by atoms with Crippen molar-refractivity contribution < 1.29 is 13.5 Å². The van der Waals surface area contributed by atoms with Gasteiger partial charge in [-0.1, -0.05) is 25.0 Å². The molecule has 1 fully saturated rings. The summed E-state index contributed by atoms with van der Waals surface area (Å²) in [7, 11) is 0. The van der Waals surface area contributed by atoms with Gasteiger partial charge < -0.3 is 10.5 Å². The van der Waals surface area contributed by atoms with E-state index in [1.54, 1.807) is 19.1 Å². The van der Waals surface area contributed by atoms with Gasteiger partial charge in [0.15, 0.2) is 11.6 Å². The molecule has 0 aromatic heterocycles. The molecule has 4 heteroatoms. The number of ether oxygens (including phenoxy) is 1. The van der Waals surface area contributed by atoms with Crippen LogP contribution >= 0.6 is 0 Å². The van der Waals surface area contributed by atoms with Crippen molar-refractivity contribution in [2.75, 3.05) is 6.61 Å². The molecular weight excluding hydrogens is 248 g/mol. The van der Waals surface area contributed by atoms with Gasteiger partial charge in [0.25, 0.3) is 0 Å². The molecule has 1 aromatic carbocycles. The number of hydrogen-bond acceptors (Lipinski definition) is 2. The molecule has 0 bridgehead atoms. The fraction of sp³-hybridized carbons (Fsp3) is 0.600. The number of halogens is 2. The Kier molecular flexibility index (Phi) is 4.21. The fourth-order valence-electron chi connectivity index (χ4n) is 2.99. The molecule has 1 unspecified atom stereocenters. The maximum Gasteiger partial charge on any atom is 0.163 e. The van der Waals surface area contributed by atoms with E-state index in [1.165, 1.54) is 0 Å². The molecule has 0 aliphatic heterocycles. The highest BCUT2D eigenvalue weighted by Crippen LogP contribution is 2.42. The molecule has 2 nitrogen and oxygen atoms in total. The molecule has 0 radical (unpaired) electrons. The van der Waals surface area contributed by atoms with Crippen molar-refractivity contribution in [3.8, 4) is 0 Å². The smallest absolute Gasteiger partial charge is 0.163 e. The molecule has 0 saturated heterocycles. The Balaban J connectivity index is 2.37. The SMILES string of the molecule is CCOC1(C(N)c2ccc(C)c(F)c2F)CCCC1. The second-order valence-corrected chi connectivity index (χ2v) is 5.28. The monoisotopic (exact) mass is 269 g/mol. The first-order valence-electron chi connectivity index (χ1n) is 6.86. The van der Waals surface area contributed by atoms with Crippen molar-refractivity contribution in [3.63, 3.8) is 0 Å².